The van der Waals surface area contributed by atoms with Crippen LogP contribution in [0.25, 0.3) is 0 Å². The first kappa shape index (κ1) is 20.2. The Morgan fingerprint density at radius 2 is 1.27 bits per heavy atom. The summed E-state index contributed by atoms with van der Waals surface area (Å²) in [4.78, 5) is 0. The van der Waals surface area contributed by atoms with Crippen LogP contribution in [0.15, 0.2) is 0 Å². The molecule has 1 fully saturated rings. The molecule has 0 aliphatic carbocycles. The standard InChI is InChI=1S/C17H34O4S/c1-2-3-13-22-16-17-14-20-11-5-9-18-7-4-8-19-10-6-12-21-15-17/h17H,2-16H2,1H3. The van der Waals surface area contributed by atoms with Gasteiger partial charge >= 0.3 is 0 Å². The highest BCUT2D eigenvalue weighted by Gasteiger charge is 2.10. The van der Waals surface area contributed by atoms with Gasteiger partial charge in [-0.2, -0.15) is 11.8 Å². The van der Waals surface area contributed by atoms with Crippen molar-refractivity contribution >= 4 is 11.8 Å². The second-order valence-electron chi connectivity index (χ2n) is 5.73. The lowest BCUT2D eigenvalue weighted by Gasteiger charge is -2.17. The molecule has 0 unspecified atom stereocenters. The molecule has 0 atom stereocenters. The zero-order valence-corrected chi connectivity index (χ0v) is 15.0. The van der Waals surface area contributed by atoms with Crippen LogP contribution in [0.4, 0.5) is 0 Å². The molecule has 1 heterocycles. The number of ether oxygens (including phenoxy) is 4. The molecular formula is C17H34O4S. The van der Waals surface area contributed by atoms with E-state index in [0.29, 0.717) is 5.92 Å². The lowest BCUT2D eigenvalue weighted by molar-refractivity contribution is 0.0188. The van der Waals surface area contributed by atoms with E-state index in [0.717, 1.165) is 77.9 Å². The van der Waals surface area contributed by atoms with Crippen LogP contribution in [-0.4, -0.2) is 64.4 Å². The number of unbranched alkanes of at least 4 members (excludes halogenated alkanes) is 1. The second-order valence-corrected chi connectivity index (χ2v) is 6.88. The molecule has 0 amide bonds. The van der Waals surface area contributed by atoms with Gasteiger partial charge in [0, 0.05) is 51.3 Å². The average Bonchev–Trinajstić information content (AvgIpc) is 2.53. The van der Waals surface area contributed by atoms with E-state index in [4.69, 9.17) is 18.9 Å². The smallest absolute Gasteiger partial charge is 0.0524 e. The predicted octanol–water partition coefficient (Wildman–Crippen LogP) is 3.39. The van der Waals surface area contributed by atoms with Gasteiger partial charge in [0.05, 0.1) is 13.2 Å². The molecule has 5 heteroatoms. The Morgan fingerprint density at radius 3 is 1.77 bits per heavy atom. The first-order chi connectivity index (χ1) is 10.9. The lowest BCUT2D eigenvalue weighted by atomic mass is 10.2. The fourth-order valence-corrected chi connectivity index (χ4v) is 3.32. The maximum Gasteiger partial charge on any atom is 0.0524 e. The highest BCUT2D eigenvalue weighted by atomic mass is 32.2. The zero-order valence-electron chi connectivity index (χ0n) is 14.2. The first-order valence-electron chi connectivity index (χ1n) is 8.82. The third-order valence-corrected chi connectivity index (χ3v) is 4.72. The largest absolute Gasteiger partial charge is 0.381 e. The zero-order chi connectivity index (χ0) is 15.7. The van der Waals surface area contributed by atoms with Crippen molar-refractivity contribution in [2.75, 3.05) is 64.4 Å². The van der Waals surface area contributed by atoms with Crippen LogP contribution in [0, 0.1) is 5.92 Å². The normalized spacial score (nSPS) is 21.7. The van der Waals surface area contributed by atoms with Crippen LogP contribution in [0.1, 0.15) is 39.0 Å². The van der Waals surface area contributed by atoms with Crippen molar-refractivity contribution in [3.63, 3.8) is 0 Å². The van der Waals surface area contributed by atoms with Crippen molar-refractivity contribution in [3.8, 4) is 0 Å². The highest BCUT2D eigenvalue weighted by Crippen LogP contribution is 2.12. The molecule has 1 aliphatic heterocycles. The minimum absolute atomic E-state index is 0.497. The lowest BCUT2D eigenvalue weighted by Crippen LogP contribution is -2.20. The molecule has 0 saturated carbocycles. The molecule has 0 spiro atoms. The predicted molar refractivity (Wildman–Crippen MR) is 92.9 cm³/mol. The molecule has 4 nitrogen and oxygen atoms in total. The molecule has 1 saturated heterocycles. The van der Waals surface area contributed by atoms with Gasteiger partial charge in [-0.25, -0.2) is 0 Å². The number of hydrogen-bond donors (Lipinski definition) is 0. The SMILES string of the molecule is CCCCSCC1COCCCOCCCOCCCOC1. The van der Waals surface area contributed by atoms with Gasteiger partial charge in [-0.3, -0.25) is 0 Å². The van der Waals surface area contributed by atoms with Gasteiger partial charge in [-0.15, -0.1) is 0 Å². The summed E-state index contributed by atoms with van der Waals surface area (Å²) in [6, 6.07) is 0. The number of thioether (sulfide) groups is 1. The summed E-state index contributed by atoms with van der Waals surface area (Å²) in [5, 5.41) is 0. The van der Waals surface area contributed by atoms with Crippen LogP contribution in [0.5, 0.6) is 0 Å². The summed E-state index contributed by atoms with van der Waals surface area (Å²) in [6.45, 7) is 8.55. The van der Waals surface area contributed by atoms with Gasteiger partial charge in [-0.1, -0.05) is 13.3 Å². The molecule has 1 rings (SSSR count). The minimum atomic E-state index is 0.497. The van der Waals surface area contributed by atoms with Crippen molar-refractivity contribution in [1.29, 1.82) is 0 Å². The Labute approximate surface area is 140 Å². The molecule has 0 radical (unpaired) electrons. The monoisotopic (exact) mass is 334 g/mol. The van der Waals surface area contributed by atoms with E-state index in [1.165, 1.54) is 18.6 Å². The summed E-state index contributed by atoms with van der Waals surface area (Å²) >= 11 is 2.03. The van der Waals surface area contributed by atoms with E-state index in [1.807, 2.05) is 11.8 Å². The Hall–Kier alpha value is 0.190. The summed E-state index contributed by atoms with van der Waals surface area (Å²) in [5.41, 5.74) is 0. The van der Waals surface area contributed by atoms with Crippen molar-refractivity contribution in [1.82, 2.24) is 0 Å². The van der Waals surface area contributed by atoms with E-state index in [2.05, 4.69) is 6.92 Å². The molecule has 22 heavy (non-hydrogen) atoms. The third kappa shape index (κ3) is 12.7. The van der Waals surface area contributed by atoms with Crippen molar-refractivity contribution < 1.29 is 18.9 Å². The minimum Gasteiger partial charge on any atom is -0.381 e. The van der Waals surface area contributed by atoms with E-state index in [-0.39, 0.29) is 0 Å². The van der Waals surface area contributed by atoms with Gasteiger partial charge in [0.2, 0.25) is 0 Å². The Morgan fingerprint density at radius 1 is 0.773 bits per heavy atom. The molecule has 0 aromatic carbocycles. The van der Waals surface area contributed by atoms with Crippen molar-refractivity contribution in [2.45, 2.75) is 39.0 Å². The summed E-state index contributed by atoms with van der Waals surface area (Å²) in [5.74, 6) is 2.87. The van der Waals surface area contributed by atoms with E-state index >= 15 is 0 Å². The van der Waals surface area contributed by atoms with Gasteiger partial charge < -0.3 is 18.9 Å². The van der Waals surface area contributed by atoms with Crippen LogP contribution in [0.3, 0.4) is 0 Å². The summed E-state index contributed by atoms with van der Waals surface area (Å²) < 4.78 is 22.7. The van der Waals surface area contributed by atoms with Crippen LogP contribution in [0.2, 0.25) is 0 Å². The molecule has 0 N–H and O–H groups in total. The van der Waals surface area contributed by atoms with Gasteiger partial charge in [0.15, 0.2) is 0 Å². The van der Waals surface area contributed by atoms with E-state index in [9.17, 15) is 0 Å². The second kappa shape index (κ2) is 16.1. The number of hydrogen-bond acceptors (Lipinski definition) is 5. The van der Waals surface area contributed by atoms with Crippen molar-refractivity contribution in [3.05, 3.63) is 0 Å². The molecule has 0 aromatic rings. The van der Waals surface area contributed by atoms with Crippen LogP contribution in [-0.2, 0) is 18.9 Å². The Bertz CT molecular complexity index is 213. The average molecular weight is 335 g/mol. The fourth-order valence-electron chi connectivity index (χ4n) is 2.13. The molecule has 1 aliphatic rings. The fraction of sp³-hybridized carbons (Fsp3) is 1.00. The van der Waals surface area contributed by atoms with Crippen LogP contribution >= 0.6 is 11.8 Å². The van der Waals surface area contributed by atoms with Crippen molar-refractivity contribution in [2.24, 2.45) is 5.92 Å². The molecular weight excluding hydrogens is 300 g/mol. The topological polar surface area (TPSA) is 36.9 Å². The van der Waals surface area contributed by atoms with Crippen LogP contribution < -0.4 is 0 Å². The molecule has 132 valence electrons. The van der Waals surface area contributed by atoms with Gasteiger partial charge in [-0.05, 0) is 31.4 Å². The maximum atomic E-state index is 5.81. The quantitative estimate of drug-likeness (QED) is 0.721. The Kier molecular flexibility index (Phi) is 14.8. The van der Waals surface area contributed by atoms with E-state index in [1.54, 1.807) is 0 Å². The van der Waals surface area contributed by atoms with Gasteiger partial charge in [0.1, 0.15) is 0 Å². The number of rotatable bonds is 5. The van der Waals surface area contributed by atoms with E-state index < -0.39 is 0 Å². The molecule has 0 aromatic heterocycles. The Balaban J connectivity index is 2.20. The van der Waals surface area contributed by atoms with Gasteiger partial charge in [0.25, 0.3) is 0 Å². The highest BCUT2D eigenvalue weighted by molar-refractivity contribution is 7.99. The summed E-state index contributed by atoms with van der Waals surface area (Å²) in [6.07, 6.45) is 5.48. The first-order valence-corrected chi connectivity index (χ1v) is 9.97. The molecule has 0 bridgehead atoms. The maximum absolute atomic E-state index is 5.81. The third-order valence-electron chi connectivity index (χ3n) is 3.43. The summed E-state index contributed by atoms with van der Waals surface area (Å²) in [7, 11) is 0.